The molecule has 0 radical (unpaired) electrons. The lowest BCUT2D eigenvalue weighted by molar-refractivity contribution is -0.124. The van der Waals surface area contributed by atoms with E-state index in [9.17, 15) is 51.9 Å². The van der Waals surface area contributed by atoms with Crippen molar-refractivity contribution < 1.29 is 81.7 Å². The number of rotatable bonds is 16. The van der Waals surface area contributed by atoms with Gasteiger partial charge in [0, 0.05) is 21.2 Å². The van der Waals surface area contributed by atoms with Crippen molar-refractivity contribution in [2.24, 2.45) is 0 Å². The van der Waals surface area contributed by atoms with Gasteiger partial charge in [-0.3, -0.25) is 33.8 Å². The van der Waals surface area contributed by atoms with E-state index in [-0.39, 0.29) is 47.1 Å². The number of nitrogens with zero attached hydrogens (tertiary/aromatic N) is 2. The summed E-state index contributed by atoms with van der Waals surface area (Å²) < 4.78 is 36.9. The number of hydrogen-bond donors (Lipinski definition) is 4. The Labute approximate surface area is 618 Å². The van der Waals surface area contributed by atoms with Gasteiger partial charge in [0.2, 0.25) is 5.91 Å². The van der Waals surface area contributed by atoms with Crippen LogP contribution in [0.2, 0.25) is 0 Å². The second-order valence-electron chi connectivity index (χ2n) is 21.7. The van der Waals surface area contributed by atoms with Crippen LogP contribution >= 0.6 is 63.9 Å². The number of thiocarbonyl (C=S) groups is 2. The van der Waals surface area contributed by atoms with Crippen LogP contribution in [-0.2, 0) is 32.2 Å². The van der Waals surface area contributed by atoms with Crippen molar-refractivity contribution >= 4 is 146 Å². The topological polar surface area (TPSA) is 259 Å². The molecule has 520 valence electrons. The third-order valence-electron chi connectivity index (χ3n) is 14.6. The molecule has 2 heterocycles. The number of thioether (sulfide) groups is 2. The molecule has 17 nitrogen and oxygen atoms in total. The number of halogens is 3. The predicted molar refractivity (Wildman–Crippen MR) is 406 cm³/mol. The van der Waals surface area contributed by atoms with E-state index in [1.54, 1.807) is 138 Å². The van der Waals surface area contributed by atoms with E-state index in [0.29, 0.717) is 59.1 Å². The van der Waals surface area contributed by atoms with E-state index in [0.717, 1.165) is 73.4 Å². The Bertz CT molecular complexity index is 4710. The maximum atomic E-state index is 13.1. The zero-order valence-corrected chi connectivity index (χ0v) is 59.4. The number of carbonyl (C=O) groups excluding carboxylic acids is 7. The molecular weight excluding hydrogens is 1460 g/mol. The summed E-state index contributed by atoms with van der Waals surface area (Å²) in [4.78, 5) is 103. The van der Waals surface area contributed by atoms with Gasteiger partial charge >= 0.3 is 31.0 Å². The third-order valence-corrected chi connectivity index (χ3v) is 17.9. The van der Waals surface area contributed by atoms with Gasteiger partial charge in [0.25, 0.3) is 5.91 Å². The Morgan fingerprint density at radius 1 is 0.485 bits per heavy atom. The van der Waals surface area contributed by atoms with Gasteiger partial charge in [0.05, 0.1) is 60.2 Å². The number of aldehydes is 3. The van der Waals surface area contributed by atoms with Crippen LogP contribution in [0.25, 0.3) is 39.5 Å². The van der Waals surface area contributed by atoms with E-state index < -0.39 is 25.0 Å². The summed E-state index contributed by atoms with van der Waals surface area (Å²) in [5, 5.41) is 35.3. The minimum absolute atomic E-state index is 0.0225. The standard InChI is InChI=1S/C24H16FNO3S2.C15H12O3.C14H10O3.C10H8FNOS2.C8H9BO4.C7H5BrO/c25-20-10-4-15(5-11-20)14-26-22(27)21(31-24(26)30)13-16-2-1-3-19(12-16)17-6-8-18(9-7-17)23(28)29;1-18-15(17)13-7-5-12(6-8-13)14-4-2-3-11(9-14)10-16;15-9-10-2-1-3-13(8-10)11-4-6-12(7-5-11)14(16)17;11-8-3-1-7(2-4-8)5-12-9(13)6-15-10(12)14;1-13-8(10)6-2-4-7(5-3-6)9(11)12;8-7-3-1-2-6(4-7)5-9/h1-13H,14H2,(H,28,29);2-10H,1H3;1-9H,(H,16,17);1-4H,5-6H2;2-5,11-12H,1H3;1-5H/b21-13-;;;;;. The fourth-order valence-corrected chi connectivity index (χ4v) is 12.0. The van der Waals surface area contributed by atoms with Crippen molar-refractivity contribution in [2.75, 3.05) is 20.0 Å². The Hall–Kier alpha value is -11.0. The molecule has 0 atom stereocenters. The normalized spacial score (nSPS) is 12.2. The van der Waals surface area contributed by atoms with Crippen molar-refractivity contribution in [1.82, 2.24) is 9.80 Å². The molecule has 0 aromatic heterocycles. The molecule has 0 spiro atoms. The van der Waals surface area contributed by atoms with Gasteiger partial charge < -0.3 is 29.7 Å². The highest BCUT2D eigenvalue weighted by atomic mass is 79.9. The number of aromatic carboxylic acids is 2. The van der Waals surface area contributed by atoms with Crippen LogP contribution in [0.15, 0.2) is 252 Å². The Morgan fingerprint density at radius 3 is 1.21 bits per heavy atom. The van der Waals surface area contributed by atoms with Gasteiger partial charge in [-0.1, -0.05) is 203 Å². The SMILES string of the molecule is COC(=O)c1ccc(-c2cccc(C=O)c2)cc1.COC(=O)c1ccc(B(O)O)cc1.O=C(O)c1ccc(-c2cccc(/C=C3\SC(=S)N(Cc4ccc(F)cc4)C3=O)c2)cc1.O=C1CSC(=S)N1Cc1ccc(F)cc1.O=Cc1cccc(-c2ccc(C(=O)O)cc2)c1.O=Cc1cccc(Br)c1. The monoisotopic (exact) mass is 1520 g/mol. The summed E-state index contributed by atoms with van der Waals surface area (Å²) >= 11 is 16.3. The summed E-state index contributed by atoms with van der Waals surface area (Å²) in [6.07, 6.45) is 4.21. The maximum Gasteiger partial charge on any atom is 0.488 e. The van der Waals surface area contributed by atoms with Crippen molar-refractivity contribution in [3.8, 4) is 33.4 Å². The molecule has 10 aromatic carbocycles. The number of ether oxygens (including phenoxy) is 2. The highest BCUT2D eigenvalue weighted by Crippen LogP contribution is 2.35. The Morgan fingerprint density at radius 2 is 0.854 bits per heavy atom. The van der Waals surface area contributed by atoms with Gasteiger partial charge in [-0.2, -0.15) is 0 Å². The molecule has 0 bridgehead atoms. The second kappa shape index (κ2) is 39.8. The first-order valence-corrected chi connectivity index (χ1v) is 33.9. The van der Waals surface area contributed by atoms with Gasteiger partial charge in [-0.15, -0.1) is 0 Å². The van der Waals surface area contributed by atoms with E-state index in [1.807, 2.05) is 66.7 Å². The summed E-state index contributed by atoms with van der Waals surface area (Å²) in [7, 11) is 1.13. The fourth-order valence-electron chi connectivity index (χ4n) is 9.27. The highest BCUT2D eigenvalue weighted by Gasteiger charge is 2.32. The smallest absolute Gasteiger partial charge is 0.478 e. The second-order valence-corrected chi connectivity index (χ2v) is 25.9. The Balaban J connectivity index is 0.000000181. The minimum atomic E-state index is -1.51. The number of carboxylic acid groups (broad SMARTS) is 2. The Kier molecular flexibility index (Phi) is 30.7. The molecule has 2 fully saturated rings. The number of benzene rings is 10. The molecule has 2 amide bonds. The number of carboxylic acids is 2. The van der Waals surface area contributed by atoms with Crippen molar-refractivity contribution in [3.63, 3.8) is 0 Å². The summed E-state index contributed by atoms with van der Waals surface area (Å²) in [5.74, 6) is -3.07. The third kappa shape index (κ3) is 24.4. The molecule has 2 aliphatic heterocycles. The number of carbonyl (C=O) groups is 9. The zero-order valence-electron chi connectivity index (χ0n) is 54.5. The van der Waals surface area contributed by atoms with Crippen molar-refractivity contribution in [1.29, 1.82) is 0 Å². The molecule has 10 aromatic rings. The summed E-state index contributed by atoms with van der Waals surface area (Å²) in [6.45, 7) is 0.725. The van der Waals surface area contributed by atoms with Crippen LogP contribution in [-0.4, -0.2) is 120 Å². The van der Waals surface area contributed by atoms with E-state index >= 15 is 0 Å². The van der Waals surface area contributed by atoms with Crippen LogP contribution in [0.5, 0.6) is 0 Å². The highest BCUT2D eigenvalue weighted by molar-refractivity contribution is 9.10. The predicted octanol–water partition coefficient (Wildman–Crippen LogP) is 15.0. The average Bonchev–Trinajstić information content (AvgIpc) is 1.75. The van der Waals surface area contributed by atoms with Crippen molar-refractivity contribution in [2.45, 2.75) is 13.1 Å². The molecule has 2 saturated heterocycles. The van der Waals surface area contributed by atoms with Crippen LogP contribution in [0, 0.1) is 11.6 Å². The quantitative estimate of drug-likeness (QED) is 0.0230. The number of hydrogen-bond acceptors (Lipinski definition) is 17. The lowest BCUT2D eigenvalue weighted by Gasteiger charge is -2.14. The zero-order chi connectivity index (χ0) is 74.5. The molecule has 0 unspecified atom stereocenters. The van der Waals surface area contributed by atoms with E-state index in [1.165, 1.54) is 91.2 Å². The van der Waals surface area contributed by atoms with E-state index in [4.69, 9.17) is 44.7 Å². The molecule has 103 heavy (non-hydrogen) atoms. The molecule has 0 aliphatic carbocycles. The molecule has 2 aliphatic rings. The number of amides is 2. The lowest BCUT2D eigenvalue weighted by atomic mass is 9.80. The van der Waals surface area contributed by atoms with Crippen LogP contribution < -0.4 is 5.46 Å². The molecule has 12 rings (SSSR count). The van der Waals surface area contributed by atoms with Crippen LogP contribution in [0.3, 0.4) is 0 Å². The van der Waals surface area contributed by atoms with E-state index in [2.05, 4.69) is 25.4 Å². The first-order chi connectivity index (χ1) is 49.5. The fraction of sp³-hybridized carbons (Fsp3) is 0.0641. The lowest BCUT2D eigenvalue weighted by Crippen LogP contribution is -2.29. The van der Waals surface area contributed by atoms with Crippen LogP contribution in [0.1, 0.15) is 89.2 Å². The molecular formula is C78H60BBrF2N2O15S4. The van der Waals surface area contributed by atoms with Crippen molar-refractivity contribution in [3.05, 3.63) is 319 Å². The first-order valence-electron chi connectivity index (χ1n) is 30.5. The number of methoxy groups -OCH3 is 2. The van der Waals surface area contributed by atoms with Crippen LogP contribution in [0.4, 0.5) is 8.78 Å². The van der Waals surface area contributed by atoms with Gasteiger partial charge in [-0.25, -0.2) is 28.0 Å². The first kappa shape index (κ1) is 79.3. The van der Waals surface area contributed by atoms with Gasteiger partial charge in [0.1, 0.15) is 39.1 Å². The minimum Gasteiger partial charge on any atom is -0.478 e. The summed E-state index contributed by atoms with van der Waals surface area (Å²) in [6, 6.07) is 67.5. The van der Waals surface area contributed by atoms with Gasteiger partial charge in [-0.05, 0) is 165 Å². The molecule has 4 N–H and O–H groups in total. The number of esters is 2. The van der Waals surface area contributed by atoms with Gasteiger partial charge in [0.15, 0.2) is 0 Å². The largest absolute Gasteiger partial charge is 0.488 e. The molecule has 0 saturated carbocycles. The molecule has 25 heteroatoms. The maximum absolute atomic E-state index is 13.1. The summed E-state index contributed by atoms with van der Waals surface area (Å²) in [5.41, 5.74) is 11.6. The average molecular weight is 1520 g/mol.